The number of rotatable bonds is 4. The third kappa shape index (κ3) is 4.81. The molecule has 4 heteroatoms. The van der Waals surface area contributed by atoms with Crippen LogP contribution in [0.5, 0.6) is 0 Å². The van der Waals surface area contributed by atoms with Crippen molar-refractivity contribution >= 4 is 32.5 Å². The molecule has 3 nitrogen and oxygen atoms in total. The molecular formula is C25H30BrN3. The first-order valence-electron chi connectivity index (χ1n) is 10.9. The Labute approximate surface area is 182 Å². The fraction of sp³-hybridized carbons (Fsp3) is 0.400. The number of aromatic amines is 1. The molecule has 0 amide bonds. The Balaban J connectivity index is 0.000000994. The lowest BCUT2D eigenvalue weighted by atomic mass is 9.92. The Morgan fingerprint density at radius 3 is 2.38 bits per heavy atom. The third-order valence-corrected chi connectivity index (χ3v) is 6.31. The smallest absolute Gasteiger partial charge is 0.139 e. The highest BCUT2D eigenvalue weighted by Gasteiger charge is 2.27. The maximum atomic E-state index is 4.93. The largest absolute Gasteiger partial charge is 0.338 e. The molecule has 1 saturated carbocycles. The van der Waals surface area contributed by atoms with Crippen molar-refractivity contribution in [2.24, 2.45) is 5.92 Å². The Morgan fingerprint density at radius 2 is 1.72 bits per heavy atom. The number of fused-ring (bicyclic) bond motifs is 1. The standard InChI is InChI=1S/C23H24BrN3.C2H6/c24-19-9-7-17(8-10-19)22(23-25-20-3-1-2-4-21(20)26-23)18-11-13-27(14-12-18)15-16-5-6-16;1-2/h1-4,7-10,16H,5-6,11-15H2,(H,25,26);1-2H3. The highest BCUT2D eigenvalue weighted by Crippen LogP contribution is 2.35. The number of likely N-dealkylation sites (tertiary alicyclic amines) is 1. The van der Waals surface area contributed by atoms with Crippen molar-refractivity contribution in [2.45, 2.75) is 39.5 Å². The quantitative estimate of drug-likeness (QED) is 0.480. The molecular weight excluding hydrogens is 422 g/mol. The van der Waals surface area contributed by atoms with Crippen LogP contribution in [0.3, 0.4) is 0 Å². The van der Waals surface area contributed by atoms with Crippen LogP contribution in [-0.4, -0.2) is 34.5 Å². The number of imidazole rings is 1. The Hall–Kier alpha value is -1.91. The second-order valence-electron chi connectivity index (χ2n) is 7.83. The molecule has 5 rings (SSSR count). The maximum absolute atomic E-state index is 4.93. The molecule has 1 N–H and O–H groups in total. The molecule has 1 saturated heterocycles. The van der Waals surface area contributed by atoms with Crippen LogP contribution in [0.15, 0.2) is 58.6 Å². The molecule has 0 bridgehead atoms. The van der Waals surface area contributed by atoms with Gasteiger partial charge in [-0.1, -0.05) is 59.6 Å². The van der Waals surface area contributed by atoms with E-state index in [4.69, 9.17) is 4.98 Å². The highest BCUT2D eigenvalue weighted by molar-refractivity contribution is 9.10. The normalized spacial score (nSPS) is 17.1. The minimum atomic E-state index is 0.969. The average molecular weight is 452 g/mol. The van der Waals surface area contributed by atoms with E-state index in [1.165, 1.54) is 49.2 Å². The van der Waals surface area contributed by atoms with E-state index in [2.05, 4.69) is 74.3 Å². The van der Waals surface area contributed by atoms with Crippen LogP contribution in [0.1, 0.15) is 50.9 Å². The van der Waals surface area contributed by atoms with Crippen molar-refractivity contribution in [1.29, 1.82) is 0 Å². The molecule has 29 heavy (non-hydrogen) atoms. The first kappa shape index (κ1) is 20.4. The van der Waals surface area contributed by atoms with Crippen LogP contribution in [0.2, 0.25) is 0 Å². The number of benzene rings is 2. The summed E-state index contributed by atoms with van der Waals surface area (Å²) in [6.07, 6.45) is 5.13. The summed E-state index contributed by atoms with van der Waals surface area (Å²) in [6, 6.07) is 17.0. The first-order valence-corrected chi connectivity index (χ1v) is 11.7. The monoisotopic (exact) mass is 451 g/mol. The van der Waals surface area contributed by atoms with Crippen molar-refractivity contribution < 1.29 is 0 Å². The van der Waals surface area contributed by atoms with E-state index < -0.39 is 0 Å². The zero-order valence-electron chi connectivity index (χ0n) is 17.4. The zero-order chi connectivity index (χ0) is 20.2. The predicted octanol–water partition coefficient (Wildman–Crippen LogP) is 6.66. The van der Waals surface area contributed by atoms with Gasteiger partial charge in [0.15, 0.2) is 0 Å². The molecule has 0 atom stereocenters. The second kappa shape index (κ2) is 9.27. The van der Waals surface area contributed by atoms with Crippen molar-refractivity contribution in [3.63, 3.8) is 0 Å². The van der Waals surface area contributed by atoms with Gasteiger partial charge >= 0.3 is 0 Å². The number of para-hydroxylation sites is 2. The molecule has 2 heterocycles. The summed E-state index contributed by atoms with van der Waals surface area (Å²) in [6.45, 7) is 7.64. The molecule has 0 spiro atoms. The van der Waals surface area contributed by atoms with E-state index in [-0.39, 0.29) is 0 Å². The van der Waals surface area contributed by atoms with Crippen LogP contribution in [0.4, 0.5) is 0 Å². The van der Waals surface area contributed by atoms with Crippen molar-refractivity contribution in [1.82, 2.24) is 14.9 Å². The van der Waals surface area contributed by atoms with E-state index in [0.29, 0.717) is 0 Å². The predicted molar refractivity (Wildman–Crippen MR) is 126 cm³/mol. The topological polar surface area (TPSA) is 31.9 Å². The van der Waals surface area contributed by atoms with Gasteiger partial charge in [0.05, 0.1) is 11.0 Å². The molecule has 1 aliphatic carbocycles. The van der Waals surface area contributed by atoms with Crippen LogP contribution in [-0.2, 0) is 0 Å². The lowest BCUT2D eigenvalue weighted by Gasteiger charge is -2.29. The van der Waals surface area contributed by atoms with Crippen molar-refractivity contribution in [3.05, 3.63) is 70.0 Å². The Morgan fingerprint density at radius 1 is 1.03 bits per heavy atom. The minimum Gasteiger partial charge on any atom is -0.338 e. The number of hydrogen-bond donors (Lipinski definition) is 1. The van der Waals surface area contributed by atoms with Crippen LogP contribution in [0.25, 0.3) is 16.6 Å². The molecule has 2 fully saturated rings. The van der Waals surface area contributed by atoms with Gasteiger partial charge < -0.3 is 9.88 Å². The van der Waals surface area contributed by atoms with Gasteiger partial charge in [0, 0.05) is 29.7 Å². The Kier molecular flexibility index (Phi) is 6.51. The van der Waals surface area contributed by atoms with Gasteiger partial charge in [-0.2, -0.15) is 0 Å². The highest BCUT2D eigenvalue weighted by atomic mass is 79.9. The summed E-state index contributed by atoms with van der Waals surface area (Å²) in [7, 11) is 0. The van der Waals surface area contributed by atoms with Gasteiger partial charge in [-0.25, -0.2) is 4.98 Å². The van der Waals surface area contributed by atoms with Crippen LogP contribution >= 0.6 is 15.9 Å². The average Bonchev–Trinajstić information content (AvgIpc) is 3.48. The summed E-state index contributed by atoms with van der Waals surface area (Å²) in [5.74, 6) is 1.97. The summed E-state index contributed by atoms with van der Waals surface area (Å²) in [5.41, 5.74) is 6.22. The molecule has 3 aromatic rings. The van der Waals surface area contributed by atoms with Crippen LogP contribution < -0.4 is 0 Å². The van der Waals surface area contributed by atoms with Crippen molar-refractivity contribution in [3.8, 4) is 0 Å². The maximum Gasteiger partial charge on any atom is 0.139 e. The number of hydrogen-bond acceptors (Lipinski definition) is 2. The molecule has 1 aliphatic heterocycles. The Bertz CT molecular complexity index is 940. The van der Waals surface area contributed by atoms with E-state index in [1.54, 1.807) is 0 Å². The van der Waals surface area contributed by atoms with Gasteiger partial charge in [0.25, 0.3) is 0 Å². The summed E-state index contributed by atoms with van der Waals surface area (Å²) in [4.78, 5) is 11.1. The number of nitrogens with zero attached hydrogens (tertiary/aromatic N) is 2. The summed E-state index contributed by atoms with van der Waals surface area (Å²) < 4.78 is 1.11. The SMILES string of the molecule is Brc1ccc(C(=C2CCN(CC3CC3)CC2)c2nc3ccccc3[nH]2)cc1.CC. The van der Waals surface area contributed by atoms with E-state index >= 15 is 0 Å². The zero-order valence-corrected chi connectivity index (χ0v) is 19.0. The molecule has 152 valence electrons. The van der Waals surface area contributed by atoms with E-state index in [0.717, 1.165) is 40.1 Å². The number of nitrogens with one attached hydrogen (secondary N) is 1. The minimum absolute atomic E-state index is 0.969. The number of H-pyrrole nitrogens is 1. The fourth-order valence-electron chi connectivity index (χ4n) is 4.12. The number of halogens is 1. The third-order valence-electron chi connectivity index (χ3n) is 5.79. The van der Waals surface area contributed by atoms with Gasteiger partial charge in [0.1, 0.15) is 5.82 Å². The van der Waals surface area contributed by atoms with Crippen LogP contribution in [0, 0.1) is 5.92 Å². The molecule has 1 aromatic heterocycles. The number of piperidine rings is 1. The molecule has 2 aliphatic rings. The number of aromatic nitrogens is 2. The fourth-order valence-corrected chi connectivity index (χ4v) is 4.38. The first-order chi connectivity index (χ1) is 14.3. The summed E-state index contributed by atoms with van der Waals surface area (Å²) in [5, 5.41) is 0. The van der Waals surface area contributed by atoms with Crippen molar-refractivity contribution in [2.75, 3.05) is 19.6 Å². The van der Waals surface area contributed by atoms with Gasteiger partial charge in [-0.3, -0.25) is 0 Å². The second-order valence-corrected chi connectivity index (χ2v) is 8.75. The van der Waals surface area contributed by atoms with Gasteiger partial charge in [-0.05, 0) is 61.4 Å². The van der Waals surface area contributed by atoms with E-state index in [1.807, 2.05) is 13.8 Å². The van der Waals surface area contributed by atoms with Gasteiger partial charge in [-0.15, -0.1) is 0 Å². The summed E-state index contributed by atoms with van der Waals surface area (Å²) >= 11 is 3.57. The lowest BCUT2D eigenvalue weighted by Crippen LogP contribution is -2.32. The molecule has 2 aromatic carbocycles. The van der Waals surface area contributed by atoms with Gasteiger partial charge in [0.2, 0.25) is 0 Å². The van der Waals surface area contributed by atoms with E-state index in [9.17, 15) is 0 Å². The lowest BCUT2D eigenvalue weighted by molar-refractivity contribution is 0.247. The molecule has 0 unspecified atom stereocenters. The molecule has 0 radical (unpaired) electrons.